The van der Waals surface area contributed by atoms with Gasteiger partial charge in [0.2, 0.25) is 0 Å². The number of ether oxygens (including phenoxy) is 2. The van der Waals surface area contributed by atoms with E-state index in [4.69, 9.17) is 14.5 Å². The molecule has 6 rings (SSSR count). The minimum Gasteiger partial charge on any atom is -0.488 e. The zero-order valence-corrected chi connectivity index (χ0v) is 22.5. The first-order valence-electron chi connectivity index (χ1n) is 13.5. The highest BCUT2D eigenvalue weighted by Crippen LogP contribution is 2.59. The number of carbonyl (C=O) groups is 1. The highest BCUT2D eigenvalue weighted by atomic mass is 32.1. The number of anilines is 1. The van der Waals surface area contributed by atoms with Gasteiger partial charge in [-0.2, -0.15) is 0 Å². The topological polar surface area (TPSA) is 63.7 Å². The largest absolute Gasteiger partial charge is 0.488 e. The standard InChI is InChI=1S/C30H35N3O3S/c1-3-35-28(34)30-11-14-33(17-24(30)16-30)29-32-26(19-37-29)25-6-4-5-20(2)27(25)36-18-21-7-8-22-9-12-31-13-10-23(22)15-21/h4-8,15,19,24,31H,3,9-14,16-18H2,1-2H3/t24?,30-/m1/s1. The van der Waals surface area contributed by atoms with Crippen molar-refractivity contribution < 1.29 is 14.3 Å². The normalized spacial score (nSPS) is 22.5. The summed E-state index contributed by atoms with van der Waals surface area (Å²) in [5.41, 5.74) is 6.94. The van der Waals surface area contributed by atoms with E-state index in [0.29, 0.717) is 19.1 Å². The van der Waals surface area contributed by atoms with Crippen LogP contribution in [0.25, 0.3) is 11.3 Å². The van der Waals surface area contributed by atoms with Crippen LogP contribution >= 0.6 is 11.3 Å². The maximum Gasteiger partial charge on any atom is 0.312 e. The fraction of sp³-hybridized carbons (Fsp3) is 0.467. The first-order chi connectivity index (χ1) is 18.1. The number of fused-ring (bicyclic) bond motifs is 2. The SMILES string of the molecule is CCOC(=O)[C@@]12CCN(c3nc(-c4cccc(C)c4OCc4ccc5c(c4)CCNCC5)cs3)CC1C2. The van der Waals surface area contributed by atoms with Crippen LogP contribution in [0.15, 0.2) is 41.8 Å². The van der Waals surface area contributed by atoms with Crippen LogP contribution in [0.2, 0.25) is 0 Å². The smallest absolute Gasteiger partial charge is 0.312 e. The molecule has 37 heavy (non-hydrogen) atoms. The van der Waals surface area contributed by atoms with Gasteiger partial charge < -0.3 is 19.7 Å². The van der Waals surface area contributed by atoms with Crippen molar-refractivity contribution in [2.24, 2.45) is 11.3 Å². The lowest BCUT2D eigenvalue weighted by atomic mass is 9.95. The van der Waals surface area contributed by atoms with Gasteiger partial charge in [0.05, 0.1) is 17.7 Å². The monoisotopic (exact) mass is 517 g/mol. The van der Waals surface area contributed by atoms with Gasteiger partial charge in [-0.25, -0.2) is 4.98 Å². The molecule has 6 nitrogen and oxygen atoms in total. The summed E-state index contributed by atoms with van der Waals surface area (Å²) in [6.45, 7) is 8.78. The predicted octanol–water partition coefficient (Wildman–Crippen LogP) is 5.17. The Kier molecular flexibility index (Phi) is 6.67. The van der Waals surface area contributed by atoms with Crippen LogP contribution in [-0.4, -0.2) is 43.7 Å². The summed E-state index contributed by atoms with van der Waals surface area (Å²) in [6.07, 6.45) is 3.95. The third kappa shape index (κ3) is 4.75. The molecule has 7 heteroatoms. The van der Waals surface area contributed by atoms with Crippen LogP contribution in [-0.2, 0) is 29.0 Å². The Morgan fingerprint density at radius 2 is 2.08 bits per heavy atom. The van der Waals surface area contributed by atoms with Crippen molar-refractivity contribution in [2.75, 3.05) is 37.7 Å². The molecule has 1 saturated carbocycles. The Balaban J connectivity index is 1.16. The van der Waals surface area contributed by atoms with Gasteiger partial charge in [-0.15, -0.1) is 11.3 Å². The number of thiazole rings is 1. The molecule has 0 amide bonds. The van der Waals surface area contributed by atoms with E-state index in [0.717, 1.165) is 79.6 Å². The van der Waals surface area contributed by atoms with E-state index in [2.05, 4.69) is 58.9 Å². The average molecular weight is 518 g/mol. The molecular formula is C30H35N3O3S. The van der Waals surface area contributed by atoms with E-state index in [-0.39, 0.29) is 11.4 Å². The number of nitrogens with zero attached hydrogens (tertiary/aromatic N) is 2. The molecule has 1 aliphatic carbocycles. The summed E-state index contributed by atoms with van der Waals surface area (Å²) < 4.78 is 11.8. The van der Waals surface area contributed by atoms with E-state index in [1.165, 1.54) is 16.7 Å². The number of benzene rings is 2. The Labute approximate surface area is 223 Å². The van der Waals surface area contributed by atoms with Crippen LogP contribution in [0.1, 0.15) is 42.0 Å². The molecule has 194 valence electrons. The van der Waals surface area contributed by atoms with Gasteiger partial charge in [0.1, 0.15) is 12.4 Å². The summed E-state index contributed by atoms with van der Waals surface area (Å²) in [5, 5.41) is 6.64. The number of hydrogen-bond acceptors (Lipinski definition) is 7. The lowest BCUT2D eigenvalue weighted by molar-refractivity contribution is -0.150. The summed E-state index contributed by atoms with van der Waals surface area (Å²) in [4.78, 5) is 19.8. The molecule has 3 aliphatic rings. The van der Waals surface area contributed by atoms with Crippen molar-refractivity contribution >= 4 is 22.4 Å². The first kappa shape index (κ1) is 24.4. The van der Waals surface area contributed by atoms with Crippen molar-refractivity contribution in [3.63, 3.8) is 0 Å². The van der Waals surface area contributed by atoms with E-state index < -0.39 is 0 Å². The number of carbonyl (C=O) groups excluding carboxylic acids is 1. The zero-order valence-electron chi connectivity index (χ0n) is 21.7. The number of aromatic nitrogens is 1. The fourth-order valence-electron chi connectivity index (χ4n) is 5.97. The van der Waals surface area contributed by atoms with Crippen LogP contribution in [0, 0.1) is 18.3 Å². The summed E-state index contributed by atoms with van der Waals surface area (Å²) in [6, 6.07) is 13.1. The van der Waals surface area contributed by atoms with Gasteiger partial charge in [0, 0.05) is 24.0 Å². The maximum atomic E-state index is 12.4. The second-order valence-electron chi connectivity index (χ2n) is 10.6. The number of esters is 1. The van der Waals surface area contributed by atoms with Gasteiger partial charge in [-0.1, -0.05) is 30.3 Å². The van der Waals surface area contributed by atoms with Crippen molar-refractivity contribution in [3.8, 4) is 17.0 Å². The van der Waals surface area contributed by atoms with Crippen LogP contribution < -0.4 is 15.0 Å². The highest BCUT2D eigenvalue weighted by molar-refractivity contribution is 7.14. The molecule has 3 aromatic rings. The molecule has 1 aromatic heterocycles. The van der Waals surface area contributed by atoms with E-state index in [1.807, 2.05) is 6.92 Å². The quantitative estimate of drug-likeness (QED) is 0.437. The minimum absolute atomic E-state index is 0.00724. The number of para-hydroxylation sites is 1. The molecule has 1 saturated heterocycles. The van der Waals surface area contributed by atoms with Crippen LogP contribution in [0.4, 0.5) is 5.13 Å². The van der Waals surface area contributed by atoms with Gasteiger partial charge >= 0.3 is 5.97 Å². The third-order valence-corrected chi connectivity index (χ3v) is 9.13. The average Bonchev–Trinajstić information content (AvgIpc) is 3.54. The molecule has 0 spiro atoms. The number of piperidine rings is 1. The first-order valence-corrected chi connectivity index (χ1v) is 14.4. The third-order valence-electron chi connectivity index (χ3n) is 8.23. The lowest BCUT2D eigenvalue weighted by Crippen LogP contribution is -2.38. The zero-order chi connectivity index (χ0) is 25.4. The van der Waals surface area contributed by atoms with Gasteiger partial charge in [-0.05, 0) is 86.9 Å². The van der Waals surface area contributed by atoms with Gasteiger partial charge in [-0.3, -0.25) is 4.79 Å². The summed E-state index contributed by atoms with van der Waals surface area (Å²) in [5.74, 6) is 1.27. The number of hydrogen-bond donors (Lipinski definition) is 1. The Bertz CT molecular complexity index is 1300. The fourth-order valence-corrected chi connectivity index (χ4v) is 6.83. The molecule has 1 unspecified atom stereocenters. The Morgan fingerprint density at radius 3 is 2.92 bits per heavy atom. The molecule has 3 heterocycles. The summed E-state index contributed by atoms with van der Waals surface area (Å²) >= 11 is 1.67. The summed E-state index contributed by atoms with van der Waals surface area (Å²) in [7, 11) is 0. The van der Waals surface area contributed by atoms with Gasteiger partial charge in [0.15, 0.2) is 5.13 Å². The number of aryl methyl sites for hydroxylation is 1. The molecule has 0 radical (unpaired) electrons. The van der Waals surface area contributed by atoms with Crippen LogP contribution in [0.3, 0.4) is 0 Å². The molecule has 2 atom stereocenters. The number of nitrogens with one attached hydrogen (secondary N) is 1. The van der Waals surface area contributed by atoms with E-state index in [9.17, 15) is 4.79 Å². The predicted molar refractivity (Wildman–Crippen MR) is 147 cm³/mol. The molecule has 2 fully saturated rings. The minimum atomic E-state index is -0.240. The van der Waals surface area contributed by atoms with Crippen molar-refractivity contribution in [1.29, 1.82) is 0 Å². The van der Waals surface area contributed by atoms with Crippen molar-refractivity contribution in [2.45, 2.75) is 46.1 Å². The maximum absolute atomic E-state index is 12.4. The van der Waals surface area contributed by atoms with Crippen molar-refractivity contribution in [3.05, 3.63) is 64.0 Å². The van der Waals surface area contributed by atoms with E-state index in [1.54, 1.807) is 11.3 Å². The lowest BCUT2D eigenvalue weighted by Gasteiger charge is -2.30. The second kappa shape index (κ2) is 10.1. The van der Waals surface area contributed by atoms with E-state index >= 15 is 0 Å². The molecule has 1 N–H and O–H groups in total. The van der Waals surface area contributed by atoms with Crippen molar-refractivity contribution in [1.82, 2.24) is 10.3 Å². The number of rotatable bonds is 7. The Morgan fingerprint density at radius 1 is 1.22 bits per heavy atom. The highest BCUT2D eigenvalue weighted by Gasteiger charge is 2.63. The molecule has 2 aromatic carbocycles. The molecular weight excluding hydrogens is 482 g/mol. The van der Waals surface area contributed by atoms with Crippen LogP contribution in [0.5, 0.6) is 5.75 Å². The van der Waals surface area contributed by atoms with Gasteiger partial charge in [0.25, 0.3) is 0 Å². The molecule has 2 aliphatic heterocycles. The Hall–Kier alpha value is -2.90. The molecule has 0 bridgehead atoms. The second-order valence-corrected chi connectivity index (χ2v) is 11.4.